The van der Waals surface area contributed by atoms with Gasteiger partial charge in [-0.1, -0.05) is 24.3 Å². The Morgan fingerprint density at radius 2 is 2.20 bits per heavy atom. The maximum absolute atomic E-state index is 4.13. The Morgan fingerprint density at radius 3 is 3.00 bits per heavy atom. The van der Waals surface area contributed by atoms with Gasteiger partial charge >= 0.3 is 0 Å². The van der Waals surface area contributed by atoms with Crippen molar-refractivity contribution >= 4 is 0 Å². The molecule has 0 saturated carbocycles. The molecule has 0 fully saturated rings. The average Bonchev–Trinajstić information content (AvgIpc) is 2.88. The van der Waals surface area contributed by atoms with Crippen LogP contribution >= 0.6 is 0 Å². The minimum atomic E-state index is 0.132. The van der Waals surface area contributed by atoms with Gasteiger partial charge < -0.3 is 4.98 Å². The van der Waals surface area contributed by atoms with Gasteiger partial charge in [-0.25, -0.2) is 4.98 Å². The highest BCUT2D eigenvalue weighted by atomic mass is 14.9. The Hall–Kier alpha value is -1.57. The first-order valence-electron chi connectivity index (χ1n) is 5.38. The first kappa shape index (κ1) is 8.72. The molecule has 3 rings (SSSR count). The molecule has 1 aromatic heterocycles. The summed E-state index contributed by atoms with van der Waals surface area (Å²) in [6.45, 7) is 2.30. The van der Waals surface area contributed by atoms with E-state index in [1.165, 1.54) is 29.7 Å². The molecule has 1 aliphatic carbocycles. The smallest absolute Gasteiger partial charge is 0.0922 e. The van der Waals surface area contributed by atoms with E-state index < -0.39 is 0 Å². The Kier molecular flexibility index (Phi) is 1.72. The third kappa shape index (κ3) is 1.14. The molecule has 0 aliphatic heterocycles. The highest BCUT2D eigenvalue weighted by Gasteiger charge is 2.36. The van der Waals surface area contributed by atoms with Crippen molar-refractivity contribution in [1.29, 1.82) is 0 Å². The van der Waals surface area contributed by atoms with Crippen LogP contribution in [0.25, 0.3) is 0 Å². The van der Waals surface area contributed by atoms with E-state index in [4.69, 9.17) is 0 Å². The molecule has 0 bridgehead atoms. The second kappa shape index (κ2) is 2.96. The van der Waals surface area contributed by atoms with Gasteiger partial charge in [0.2, 0.25) is 0 Å². The van der Waals surface area contributed by atoms with E-state index in [0.29, 0.717) is 0 Å². The van der Waals surface area contributed by atoms with Crippen LogP contribution in [-0.2, 0) is 11.8 Å². The van der Waals surface area contributed by atoms with Crippen molar-refractivity contribution in [2.75, 3.05) is 0 Å². The molecule has 1 unspecified atom stereocenters. The van der Waals surface area contributed by atoms with E-state index in [-0.39, 0.29) is 5.41 Å². The summed E-state index contributed by atoms with van der Waals surface area (Å²) in [5.74, 6) is 0. The van der Waals surface area contributed by atoms with E-state index in [1.54, 1.807) is 6.33 Å². The number of fused-ring (bicyclic) bond motifs is 1. The zero-order valence-electron chi connectivity index (χ0n) is 8.83. The summed E-state index contributed by atoms with van der Waals surface area (Å²) >= 11 is 0. The topological polar surface area (TPSA) is 28.7 Å². The molecule has 15 heavy (non-hydrogen) atoms. The van der Waals surface area contributed by atoms with Gasteiger partial charge in [0.05, 0.1) is 6.33 Å². The van der Waals surface area contributed by atoms with Crippen LogP contribution in [0.15, 0.2) is 36.8 Å². The quantitative estimate of drug-likeness (QED) is 0.749. The highest BCUT2D eigenvalue weighted by molar-refractivity contribution is 5.44. The van der Waals surface area contributed by atoms with E-state index in [0.717, 1.165) is 0 Å². The standard InChI is InChI=1S/C13H14N2/c1-13(12-8-14-9-15-12)7-6-10-4-2-3-5-11(10)13/h2-5,8-9H,6-7H2,1H3,(H,14,15). The summed E-state index contributed by atoms with van der Waals surface area (Å²) < 4.78 is 0. The second-order valence-corrected chi connectivity index (χ2v) is 4.45. The van der Waals surface area contributed by atoms with Crippen molar-refractivity contribution in [3.05, 3.63) is 53.6 Å². The summed E-state index contributed by atoms with van der Waals surface area (Å²) in [4.78, 5) is 7.38. The number of H-pyrrole nitrogens is 1. The number of benzene rings is 1. The number of nitrogens with zero attached hydrogens (tertiary/aromatic N) is 1. The number of nitrogens with one attached hydrogen (secondary N) is 1. The maximum Gasteiger partial charge on any atom is 0.0922 e. The van der Waals surface area contributed by atoms with Gasteiger partial charge in [0.25, 0.3) is 0 Å². The molecule has 1 N–H and O–H groups in total. The molecule has 1 aliphatic rings. The highest BCUT2D eigenvalue weighted by Crippen LogP contribution is 2.42. The van der Waals surface area contributed by atoms with E-state index in [9.17, 15) is 0 Å². The molecule has 2 nitrogen and oxygen atoms in total. The Morgan fingerprint density at radius 1 is 1.33 bits per heavy atom. The summed E-state index contributed by atoms with van der Waals surface area (Å²) in [5.41, 5.74) is 4.30. The lowest BCUT2D eigenvalue weighted by molar-refractivity contribution is 0.551. The molecule has 0 radical (unpaired) electrons. The van der Waals surface area contributed by atoms with Gasteiger partial charge in [-0.2, -0.15) is 0 Å². The summed E-state index contributed by atoms with van der Waals surface area (Å²) in [6.07, 6.45) is 6.06. The molecule has 76 valence electrons. The normalized spacial score (nSPS) is 24.1. The van der Waals surface area contributed by atoms with Crippen LogP contribution in [0.1, 0.15) is 30.2 Å². The lowest BCUT2D eigenvalue weighted by Gasteiger charge is -2.23. The van der Waals surface area contributed by atoms with Crippen LogP contribution in [0.4, 0.5) is 0 Å². The van der Waals surface area contributed by atoms with Crippen LogP contribution in [0.3, 0.4) is 0 Å². The lowest BCUT2D eigenvalue weighted by atomic mass is 9.81. The third-order valence-corrected chi connectivity index (χ3v) is 3.60. The van der Waals surface area contributed by atoms with Gasteiger partial charge in [-0.3, -0.25) is 0 Å². The van der Waals surface area contributed by atoms with Crippen molar-refractivity contribution < 1.29 is 0 Å². The molecule has 1 aromatic carbocycles. The van der Waals surface area contributed by atoms with Crippen molar-refractivity contribution in [3.63, 3.8) is 0 Å². The van der Waals surface area contributed by atoms with E-state index >= 15 is 0 Å². The second-order valence-electron chi connectivity index (χ2n) is 4.45. The summed E-state index contributed by atoms with van der Waals surface area (Å²) in [7, 11) is 0. The zero-order valence-corrected chi connectivity index (χ0v) is 8.83. The third-order valence-electron chi connectivity index (χ3n) is 3.60. The molecule has 1 atom stereocenters. The largest absolute Gasteiger partial charge is 0.348 e. The fraction of sp³-hybridized carbons (Fsp3) is 0.308. The Labute approximate surface area is 89.4 Å². The van der Waals surface area contributed by atoms with Gasteiger partial charge in [0.15, 0.2) is 0 Å². The van der Waals surface area contributed by atoms with Crippen LogP contribution < -0.4 is 0 Å². The number of aromatic amines is 1. The van der Waals surface area contributed by atoms with Crippen LogP contribution in [0.5, 0.6) is 0 Å². The number of aryl methyl sites for hydroxylation is 1. The van der Waals surface area contributed by atoms with Gasteiger partial charge in [0, 0.05) is 17.3 Å². The Bertz CT molecular complexity index is 473. The summed E-state index contributed by atoms with van der Waals surface area (Å²) in [5, 5.41) is 0. The predicted molar refractivity (Wildman–Crippen MR) is 59.8 cm³/mol. The van der Waals surface area contributed by atoms with Crippen molar-refractivity contribution in [2.45, 2.75) is 25.2 Å². The SMILES string of the molecule is CC1(c2cnc[nH]2)CCc2ccccc21. The Balaban J connectivity index is 2.17. The van der Waals surface area contributed by atoms with Gasteiger partial charge in [-0.15, -0.1) is 0 Å². The number of hydrogen-bond acceptors (Lipinski definition) is 1. The number of rotatable bonds is 1. The number of aromatic nitrogens is 2. The number of imidazole rings is 1. The maximum atomic E-state index is 4.13. The van der Waals surface area contributed by atoms with Gasteiger partial charge in [0.1, 0.15) is 0 Å². The average molecular weight is 198 g/mol. The molecule has 0 spiro atoms. The minimum absolute atomic E-state index is 0.132. The van der Waals surface area contributed by atoms with E-state index in [2.05, 4.69) is 41.2 Å². The fourth-order valence-corrected chi connectivity index (χ4v) is 2.63. The lowest BCUT2D eigenvalue weighted by Crippen LogP contribution is -2.20. The van der Waals surface area contributed by atoms with Crippen molar-refractivity contribution in [2.24, 2.45) is 0 Å². The molecular formula is C13H14N2. The first-order chi connectivity index (χ1) is 7.31. The molecule has 2 aromatic rings. The van der Waals surface area contributed by atoms with E-state index in [1.807, 2.05) is 6.20 Å². The van der Waals surface area contributed by atoms with Crippen LogP contribution in [-0.4, -0.2) is 9.97 Å². The zero-order chi connectivity index (χ0) is 10.3. The monoisotopic (exact) mass is 198 g/mol. The molecule has 0 saturated heterocycles. The van der Waals surface area contributed by atoms with Crippen molar-refractivity contribution in [1.82, 2.24) is 9.97 Å². The van der Waals surface area contributed by atoms with Crippen molar-refractivity contribution in [3.8, 4) is 0 Å². The molecular weight excluding hydrogens is 184 g/mol. The number of hydrogen-bond donors (Lipinski definition) is 1. The predicted octanol–water partition coefficient (Wildman–Crippen LogP) is 2.66. The van der Waals surface area contributed by atoms with Crippen LogP contribution in [0, 0.1) is 0 Å². The molecule has 1 heterocycles. The van der Waals surface area contributed by atoms with Crippen LogP contribution in [0.2, 0.25) is 0 Å². The first-order valence-corrected chi connectivity index (χ1v) is 5.38. The molecule has 0 amide bonds. The molecule has 2 heteroatoms. The summed E-state index contributed by atoms with van der Waals surface area (Å²) in [6, 6.07) is 8.72. The fourth-order valence-electron chi connectivity index (χ4n) is 2.63. The van der Waals surface area contributed by atoms with Gasteiger partial charge in [-0.05, 0) is 30.9 Å². The minimum Gasteiger partial charge on any atom is -0.348 e.